The second-order valence-electron chi connectivity index (χ2n) is 2.05. The van der Waals surface area contributed by atoms with E-state index >= 15 is 0 Å². The molecule has 0 amide bonds. The highest BCUT2D eigenvalue weighted by Crippen LogP contribution is 1.96. The van der Waals surface area contributed by atoms with E-state index in [1.165, 1.54) is 0 Å². The number of nitrogens with zero attached hydrogens (tertiary/aromatic N) is 1. The molecule has 0 spiro atoms. The third kappa shape index (κ3) is 6.40. The zero-order valence-corrected chi connectivity index (χ0v) is 8.05. The maximum Gasteiger partial charge on any atom is 0.329 e. The predicted molar refractivity (Wildman–Crippen MR) is 50.2 cm³/mol. The smallest absolute Gasteiger partial charge is 0.329 e. The van der Waals surface area contributed by atoms with E-state index in [-0.39, 0.29) is 0 Å². The van der Waals surface area contributed by atoms with Gasteiger partial charge in [-0.25, -0.2) is 14.8 Å². The maximum atomic E-state index is 10.6. The first-order chi connectivity index (χ1) is 5.87. The normalized spacial score (nSPS) is 18.0. The molecule has 1 unspecified atom stereocenters. The molecule has 13 heavy (non-hydrogen) atoms. The Balaban J connectivity index is 4.45. The minimum absolute atomic E-state index is 0.615. The number of aliphatic carboxylic acids is 1. The summed E-state index contributed by atoms with van der Waals surface area (Å²) in [5.74, 6) is 2.84. The molecule has 5 N–H and O–H groups in total. The van der Waals surface area contributed by atoms with Crippen molar-refractivity contribution in [1.29, 1.82) is 0 Å². The van der Waals surface area contributed by atoms with Gasteiger partial charge in [0.2, 0.25) is 0 Å². The van der Waals surface area contributed by atoms with Gasteiger partial charge in [-0.1, -0.05) is 0 Å². The molecular weight excluding hydrogens is 218 g/mol. The van der Waals surface area contributed by atoms with Crippen LogP contribution in [0.5, 0.6) is 0 Å². The van der Waals surface area contributed by atoms with Crippen molar-refractivity contribution in [3.05, 3.63) is 0 Å². The minimum atomic E-state index is -3.53. The van der Waals surface area contributed by atoms with Gasteiger partial charge in [-0.05, 0) is 0 Å². The standard InChI is InChI=1S/C4H9N3O4S2/c5-7-2-6-3(4(8)9)1-13(10,11)12/h2-3H,1,5H2,(H,6,7)(H,8,9)(H,10,11,12)/t3-/m0/s1. The summed E-state index contributed by atoms with van der Waals surface area (Å²) in [6.45, 7) is 0. The summed E-state index contributed by atoms with van der Waals surface area (Å²) in [6, 6.07) is -1.36. The van der Waals surface area contributed by atoms with Crippen LogP contribution >= 0.6 is 0 Å². The van der Waals surface area contributed by atoms with Crippen molar-refractivity contribution in [1.82, 2.24) is 5.43 Å². The third-order valence-corrected chi connectivity index (χ3v) is 2.13. The number of hydrogen-bond acceptors (Lipinski definition) is 5. The summed E-state index contributed by atoms with van der Waals surface area (Å²) in [6.07, 6.45) is 0.916. The number of nitrogens with one attached hydrogen (secondary N) is 1. The van der Waals surface area contributed by atoms with E-state index < -0.39 is 26.5 Å². The fraction of sp³-hybridized carbons (Fsp3) is 0.500. The maximum absolute atomic E-state index is 10.6. The summed E-state index contributed by atoms with van der Waals surface area (Å²) in [4.78, 5) is 13.8. The SMILES string of the molecule is NNC=N[C@@H](CS(=O)(O)=S)C(=O)O. The molecule has 0 aromatic rings. The number of hydrazine groups is 1. The molecule has 0 aliphatic heterocycles. The van der Waals surface area contributed by atoms with Crippen LogP contribution in [0.1, 0.15) is 0 Å². The fourth-order valence-electron chi connectivity index (χ4n) is 0.511. The van der Waals surface area contributed by atoms with Crippen molar-refractivity contribution in [3.8, 4) is 0 Å². The van der Waals surface area contributed by atoms with Crippen LogP contribution in [0, 0.1) is 0 Å². The summed E-state index contributed by atoms with van der Waals surface area (Å²) in [7, 11) is -3.53. The highest BCUT2D eigenvalue weighted by Gasteiger charge is 2.20. The van der Waals surface area contributed by atoms with E-state index in [4.69, 9.17) is 15.5 Å². The molecule has 0 aromatic carbocycles. The average molecular weight is 227 g/mol. The molecule has 0 rings (SSSR count). The van der Waals surface area contributed by atoms with E-state index in [0.29, 0.717) is 0 Å². The van der Waals surface area contributed by atoms with Crippen LogP contribution in [-0.4, -0.2) is 38.0 Å². The Kier molecular flexibility index (Phi) is 4.77. The number of rotatable bonds is 5. The predicted octanol–water partition coefficient (Wildman–Crippen LogP) is -1.85. The number of carboxylic acid groups (broad SMARTS) is 1. The Hall–Kier alpha value is -0.770. The van der Waals surface area contributed by atoms with E-state index in [0.717, 1.165) is 6.34 Å². The van der Waals surface area contributed by atoms with E-state index in [1.54, 1.807) is 0 Å². The first-order valence-corrected chi connectivity index (χ1v) is 5.63. The lowest BCUT2D eigenvalue weighted by molar-refractivity contribution is -0.137. The van der Waals surface area contributed by atoms with Gasteiger partial charge in [0.05, 0.1) is 12.1 Å². The van der Waals surface area contributed by atoms with Crippen molar-refractivity contribution in [2.24, 2.45) is 10.8 Å². The molecule has 0 saturated heterocycles. The van der Waals surface area contributed by atoms with Crippen LogP contribution in [-0.2, 0) is 24.8 Å². The number of hydrogen-bond donors (Lipinski definition) is 4. The van der Waals surface area contributed by atoms with Crippen molar-refractivity contribution in [2.45, 2.75) is 6.04 Å². The number of aliphatic imine (C=N–C) groups is 1. The lowest BCUT2D eigenvalue weighted by Crippen LogP contribution is -2.29. The molecule has 76 valence electrons. The van der Waals surface area contributed by atoms with Gasteiger partial charge in [0.25, 0.3) is 0 Å². The highest BCUT2D eigenvalue weighted by molar-refractivity contribution is 8.29. The third-order valence-electron chi connectivity index (χ3n) is 0.983. The van der Waals surface area contributed by atoms with Crippen molar-refractivity contribution < 1.29 is 18.7 Å². The Morgan fingerprint density at radius 1 is 1.85 bits per heavy atom. The van der Waals surface area contributed by atoms with Crippen molar-refractivity contribution in [3.63, 3.8) is 0 Å². The van der Waals surface area contributed by atoms with Gasteiger partial charge in [-0.2, -0.15) is 0 Å². The zero-order valence-electron chi connectivity index (χ0n) is 6.41. The molecule has 7 nitrogen and oxygen atoms in total. The Morgan fingerprint density at radius 3 is 2.69 bits per heavy atom. The summed E-state index contributed by atoms with van der Waals surface area (Å²) < 4.78 is 19.3. The van der Waals surface area contributed by atoms with Crippen LogP contribution < -0.4 is 11.3 Å². The quantitative estimate of drug-likeness (QED) is 0.188. The lowest BCUT2D eigenvalue weighted by atomic mass is 10.4. The van der Waals surface area contributed by atoms with Gasteiger partial charge in [0.15, 0.2) is 6.04 Å². The first-order valence-electron chi connectivity index (χ1n) is 3.02. The topological polar surface area (TPSA) is 125 Å². The molecule has 2 atom stereocenters. The molecule has 0 aliphatic carbocycles. The van der Waals surface area contributed by atoms with Crippen molar-refractivity contribution >= 4 is 32.3 Å². The van der Waals surface area contributed by atoms with Gasteiger partial charge in [0.1, 0.15) is 8.77 Å². The van der Waals surface area contributed by atoms with Crippen molar-refractivity contribution in [2.75, 3.05) is 5.75 Å². The Labute approximate surface area is 79.5 Å². The summed E-state index contributed by atoms with van der Waals surface area (Å²) in [5, 5.41) is 8.50. The van der Waals surface area contributed by atoms with Crippen LogP contribution in [0.25, 0.3) is 0 Å². The van der Waals surface area contributed by atoms with Crippen LogP contribution in [0.4, 0.5) is 0 Å². The molecule has 0 heterocycles. The molecule has 0 saturated carbocycles. The second-order valence-corrected chi connectivity index (χ2v) is 5.11. The number of nitrogens with two attached hydrogens (primary N) is 1. The zero-order chi connectivity index (χ0) is 10.5. The van der Waals surface area contributed by atoms with E-state index in [1.807, 2.05) is 5.43 Å². The number of carboxylic acids is 1. The molecule has 0 fully saturated rings. The lowest BCUT2D eigenvalue weighted by Gasteiger charge is -2.05. The van der Waals surface area contributed by atoms with Gasteiger partial charge in [-0.15, -0.1) is 0 Å². The highest BCUT2D eigenvalue weighted by atomic mass is 32.8. The average Bonchev–Trinajstić information content (AvgIpc) is 1.95. The fourth-order valence-corrected chi connectivity index (χ4v) is 1.52. The van der Waals surface area contributed by atoms with Gasteiger partial charge in [0, 0.05) is 11.2 Å². The Morgan fingerprint density at radius 2 is 2.38 bits per heavy atom. The molecular formula is C4H9N3O4S2. The molecule has 0 bridgehead atoms. The van der Waals surface area contributed by atoms with Crippen LogP contribution in [0.15, 0.2) is 4.99 Å². The monoisotopic (exact) mass is 227 g/mol. The van der Waals surface area contributed by atoms with E-state index in [2.05, 4.69) is 16.2 Å². The largest absolute Gasteiger partial charge is 0.480 e. The number of carbonyl (C=O) groups is 1. The first kappa shape index (κ1) is 12.2. The summed E-state index contributed by atoms with van der Waals surface area (Å²) >= 11 is 4.13. The van der Waals surface area contributed by atoms with Gasteiger partial charge in [-0.3, -0.25) is 4.99 Å². The molecule has 9 heteroatoms. The van der Waals surface area contributed by atoms with E-state index in [9.17, 15) is 9.00 Å². The second kappa shape index (κ2) is 5.07. The van der Waals surface area contributed by atoms with Gasteiger partial charge < -0.3 is 15.1 Å². The summed E-state index contributed by atoms with van der Waals surface area (Å²) in [5.41, 5.74) is 1.98. The minimum Gasteiger partial charge on any atom is -0.480 e. The molecule has 0 radical (unpaired) electrons. The van der Waals surface area contributed by atoms with Gasteiger partial charge >= 0.3 is 5.97 Å². The Bertz CT molecular complexity index is 299. The molecule has 0 aromatic heterocycles. The molecule has 0 aliphatic rings. The van der Waals surface area contributed by atoms with Crippen LogP contribution in [0.2, 0.25) is 0 Å². The van der Waals surface area contributed by atoms with Crippen LogP contribution in [0.3, 0.4) is 0 Å².